The lowest BCUT2D eigenvalue weighted by atomic mass is 10.2. The van der Waals surface area contributed by atoms with E-state index in [2.05, 4.69) is 27.6 Å². The first-order chi connectivity index (χ1) is 13.6. The Morgan fingerprint density at radius 2 is 2.07 bits per heavy atom. The van der Waals surface area contributed by atoms with Gasteiger partial charge in [-0.1, -0.05) is 30.7 Å². The van der Waals surface area contributed by atoms with Crippen molar-refractivity contribution in [2.75, 3.05) is 33.2 Å². The normalized spacial score (nSPS) is 14.7. The summed E-state index contributed by atoms with van der Waals surface area (Å²) in [6.07, 6.45) is 1.82. The van der Waals surface area contributed by atoms with Crippen LogP contribution in [0.4, 0.5) is 0 Å². The minimum Gasteiger partial charge on any atom is -0.356 e. The average Bonchev–Trinajstić information content (AvgIpc) is 3.16. The lowest BCUT2D eigenvalue weighted by Crippen LogP contribution is -2.55. The van der Waals surface area contributed by atoms with Crippen molar-refractivity contribution in [3.63, 3.8) is 0 Å². The van der Waals surface area contributed by atoms with E-state index in [9.17, 15) is 4.79 Å². The summed E-state index contributed by atoms with van der Waals surface area (Å²) >= 11 is 7.64. The number of hydrogen-bond donors (Lipinski definition) is 1. The molecule has 0 saturated carbocycles. The third-order valence-electron chi connectivity index (χ3n) is 4.68. The zero-order valence-corrected chi connectivity index (χ0v) is 20.6. The van der Waals surface area contributed by atoms with E-state index in [-0.39, 0.29) is 29.9 Å². The second-order valence-corrected chi connectivity index (χ2v) is 8.05. The topological polar surface area (TPSA) is 60.8 Å². The Labute approximate surface area is 198 Å². The van der Waals surface area contributed by atoms with Gasteiger partial charge in [0.15, 0.2) is 5.96 Å². The lowest BCUT2D eigenvalue weighted by molar-refractivity contribution is -0.135. The fourth-order valence-electron chi connectivity index (χ4n) is 3.13. The number of guanidine groups is 1. The maximum Gasteiger partial charge on any atom is 0.242 e. The largest absolute Gasteiger partial charge is 0.356 e. The van der Waals surface area contributed by atoms with Gasteiger partial charge in [-0.2, -0.15) is 0 Å². The standard InChI is InChI=1S/C20H26ClN5OS.HI/c1-3-18-24-17(14-28-18)8-9-23-20(22-2)26-11-10-25(19(27)13-26)12-15-4-6-16(21)7-5-15;/h4-7,14H,3,8-13H2,1-2H3,(H,22,23);1H. The van der Waals surface area contributed by atoms with Gasteiger partial charge in [0, 0.05) is 50.1 Å². The molecule has 3 rings (SSSR count). The van der Waals surface area contributed by atoms with Crippen LogP contribution in [0.2, 0.25) is 5.02 Å². The van der Waals surface area contributed by atoms with Crippen LogP contribution in [0.15, 0.2) is 34.6 Å². The lowest BCUT2D eigenvalue weighted by Gasteiger charge is -2.36. The molecule has 0 bridgehead atoms. The fourth-order valence-corrected chi connectivity index (χ4v) is 4.03. The quantitative estimate of drug-likeness (QED) is 0.342. The third kappa shape index (κ3) is 6.82. The van der Waals surface area contributed by atoms with Gasteiger partial charge < -0.3 is 15.1 Å². The van der Waals surface area contributed by atoms with Gasteiger partial charge in [0.2, 0.25) is 5.91 Å². The average molecular weight is 548 g/mol. The van der Waals surface area contributed by atoms with Crippen LogP contribution < -0.4 is 5.32 Å². The summed E-state index contributed by atoms with van der Waals surface area (Å²) in [4.78, 5) is 25.4. The van der Waals surface area contributed by atoms with E-state index in [1.807, 2.05) is 34.1 Å². The molecule has 1 aliphatic heterocycles. The number of piperazine rings is 1. The molecular weight excluding hydrogens is 521 g/mol. The van der Waals surface area contributed by atoms with Gasteiger partial charge in [-0.3, -0.25) is 9.79 Å². The van der Waals surface area contributed by atoms with Crippen molar-refractivity contribution >= 4 is 58.8 Å². The molecular formula is C20H27ClIN5OS. The van der Waals surface area contributed by atoms with Crippen molar-refractivity contribution in [1.82, 2.24) is 20.1 Å². The summed E-state index contributed by atoms with van der Waals surface area (Å²) in [5.74, 6) is 0.877. The molecule has 0 unspecified atom stereocenters. The van der Waals surface area contributed by atoms with Crippen LogP contribution in [0, 0.1) is 0 Å². The van der Waals surface area contributed by atoms with Crippen molar-refractivity contribution in [3.8, 4) is 0 Å². The molecule has 0 aliphatic carbocycles. The van der Waals surface area contributed by atoms with Crippen molar-refractivity contribution in [1.29, 1.82) is 0 Å². The van der Waals surface area contributed by atoms with Crippen LogP contribution in [-0.2, 0) is 24.2 Å². The Bertz CT molecular complexity index is 827. The van der Waals surface area contributed by atoms with E-state index in [0.717, 1.165) is 43.1 Å². The van der Waals surface area contributed by atoms with Crippen molar-refractivity contribution < 1.29 is 4.79 Å². The van der Waals surface area contributed by atoms with E-state index in [1.165, 1.54) is 5.01 Å². The molecule has 1 aliphatic rings. The SMILES string of the molecule is CCc1nc(CCNC(=NC)N2CCN(Cc3ccc(Cl)cc3)C(=O)C2)cs1.I. The summed E-state index contributed by atoms with van der Waals surface area (Å²) in [6, 6.07) is 7.64. The van der Waals surface area contributed by atoms with E-state index < -0.39 is 0 Å². The van der Waals surface area contributed by atoms with Crippen LogP contribution in [0.5, 0.6) is 0 Å². The first kappa shape index (κ1) is 23.9. The Hall–Kier alpha value is -1.39. The number of aliphatic imine (C=N–C) groups is 1. The van der Waals surface area contributed by atoms with Gasteiger partial charge in [0.25, 0.3) is 0 Å². The molecule has 1 aromatic carbocycles. The number of benzene rings is 1. The number of carbonyl (C=O) groups excluding carboxylic acids is 1. The van der Waals surface area contributed by atoms with Crippen LogP contribution in [0.25, 0.3) is 0 Å². The maximum absolute atomic E-state index is 12.6. The first-order valence-corrected chi connectivity index (χ1v) is 10.8. The summed E-state index contributed by atoms with van der Waals surface area (Å²) in [5, 5.41) is 7.35. The second-order valence-electron chi connectivity index (χ2n) is 6.67. The Kier molecular flexibility index (Phi) is 9.64. The Morgan fingerprint density at radius 3 is 2.69 bits per heavy atom. The summed E-state index contributed by atoms with van der Waals surface area (Å²) in [7, 11) is 1.75. The van der Waals surface area contributed by atoms with E-state index >= 15 is 0 Å². The predicted octanol–water partition coefficient (Wildman–Crippen LogP) is 3.44. The van der Waals surface area contributed by atoms with Crippen molar-refractivity contribution in [2.24, 2.45) is 4.99 Å². The number of nitrogens with zero attached hydrogens (tertiary/aromatic N) is 4. The molecule has 2 heterocycles. The molecule has 29 heavy (non-hydrogen) atoms. The number of hydrogen-bond acceptors (Lipinski definition) is 4. The molecule has 1 aromatic heterocycles. The number of amides is 1. The third-order valence-corrected chi connectivity index (χ3v) is 5.98. The number of aromatic nitrogens is 1. The molecule has 9 heteroatoms. The van der Waals surface area contributed by atoms with Gasteiger partial charge in [-0.25, -0.2) is 4.98 Å². The Morgan fingerprint density at radius 1 is 1.31 bits per heavy atom. The van der Waals surface area contributed by atoms with E-state index in [1.54, 1.807) is 18.4 Å². The number of nitrogens with one attached hydrogen (secondary N) is 1. The molecule has 0 spiro atoms. The van der Waals surface area contributed by atoms with Gasteiger partial charge >= 0.3 is 0 Å². The molecule has 1 amide bonds. The van der Waals surface area contributed by atoms with Gasteiger partial charge in [0.1, 0.15) is 0 Å². The minimum absolute atomic E-state index is 0. The second kappa shape index (κ2) is 11.7. The summed E-state index contributed by atoms with van der Waals surface area (Å²) in [6.45, 7) is 5.25. The monoisotopic (exact) mass is 547 g/mol. The number of halogens is 2. The number of rotatable bonds is 6. The van der Waals surface area contributed by atoms with Crippen LogP contribution in [-0.4, -0.2) is 59.9 Å². The summed E-state index contributed by atoms with van der Waals surface area (Å²) < 4.78 is 0. The highest BCUT2D eigenvalue weighted by Gasteiger charge is 2.25. The van der Waals surface area contributed by atoms with E-state index in [0.29, 0.717) is 24.7 Å². The molecule has 1 N–H and O–H groups in total. The highest BCUT2D eigenvalue weighted by Crippen LogP contribution is 2.14. The highest BCUT2D eigenvalue weighted by atomic mass is 127. The number of thiazole rings is 1. The van der Waals surface area contributed by atoms with Crippen molar-refractivity contribution in [2.45, 2.75) is 26.3 Å². The van der Waals surface area contributed by atoms with Crippen LogP contribution >= 0.6 is 46.9 Å². The maximum atomic E-state index is 12.6. The van der Waals surface area contributed by atoms with E-state index in [4.69, 9.17) is 11.6 Å². The van der Waals surface area contributed by atoms with Crippen molar-refractivity contribution in [3.05, 3.63) is 50.9 Å². The number of carbonyl (C=O) groups is 1. The molecule has 158 valence electrons. The molecule has 0 radical (unpaired) electrons. The smallest absolute Gasteiger partial charge is 0.242 e. The first-order valence-electron chi connectivity index (χ1n) is 9.50. The molecule has 1 fully saturated rings. The van der Waals surface area contributed by atoms with Gasteiger partial charge in [-0.15, -0.1) is 35.3 Å². The summed E-state index contributed by atoms with van der Waals surface area (Å²) in [5.41, 5.74) is 2.19. The zero-order chi connectivity index (χ0) is 19.9. The highest BCUT2D eigenvalue weighted by molar-refractivity contribution is 14.0. The molecule has 0 atom stereocenters. The fraction of sp³-hybridized carbons (Fsp3) is 0.450. The molecule has 1 saturated heterocycles. The van der Waals surface area contributed by atoms with Crippen LogP contribution in [0.3, 0.4) is 0 Å². The van der Waals surface area contributed by atoms with Gasteiger partial charge in [-0.05, 0) is 24.1 Å². The Balaban J connectivity index is 0.00000300. The molecule has 6 nitrogen and oxygen atoms in total. The minimum atomic E-state index is 0. The van der Waals surface area contributed by atoms with Crippen LogP contribution in [0.1, 0.15) is 23.2 Å². The predicted molar refractivity (Wildman–Crippen MR) is 130 cm³/mol. The van der Waals surface area contributed by atoms with Gasteiger partial charge in [0.05, 0.1) is 17.2 Å². The zero-order valence-electron chi connectivity index (χ0n) is 16.7. The number of aryl methyl sites for hydroxylation is 1. The molecule has 2 aromatic rings.